The Bertz CT molecular complexity index is 192. The van der Waals surface area contributed by atoms with Gasteiger partial charge in [-0.2, -0.15) is 0 Å². The number of carboxylic acids is 1. The van der Waals surface area contributed by atoms with Crippen LogP contribution in [-0.2, 0) is 9.59 Å². The molecule has 0 aromatic heterocycles. The van der Waals surface area contributed by atoms with Crippen LogP contribution in [0.5, 0.6) is 0 Å². The van der Waals surface area contributed by atoms with Gasteiger partial charge in [-0.05, 0) is 13.8 Å². The van der Waals surface area contributed by atoms with Gasteiger partial charge in [-0.1, -0.05) is 0 Å². The Hall–Kier alpha value is -1.10. The summed E-state index contributed by atoms with van der Waals surface area (Å²) in [6.07, 6.45) is 0.200. The maximum atomic E-state index is 11.3. The zero-order valence-electron chi connectivity index (χ0n) is 7.99. The minimum Gasteiger partial charge on any atom is -0.480 e. The first-order chi connectivity index (χ1) is 5.99. The van der Waals surface area contributed by atoms with Crippen molar-refractivity contribution in [2.75, 3.05) is 13.1 Å². The molecule has 0 aliphatic heterocycles. The van der Waals surface area contributed by atoms with Crippen LogP contribution >= 0.6 is 0 Å². The molecule has 5 nitrogen and oxygen atoms in total. The van der Waals surface area contributed by atoms with Crippen LogP contribution in [0.2, 0.25) is 0 Å². The van der Waals surface area contributed by atoms with Gasteiger partial charge in [0.15, 0.2) is 0 Å². The summed E-state index contributed by atoms with van der Waals surface area (Å²) < 4.78 is 0. The van der Waals surface area contributed by atoms with Crippen LogP contribution < -0.4 is 5.73 Å². The van der Waals surface area contributed by atoms with Gasteiger partial charge in [0.05, 0.1) is 0 Å². The summed E-state index contributed by atoms with van der Waals surface area (Å²) in [4.78, 5) is 23.0. The largest absolute Gasteiger partial charge is 0.480 e. The number of amides is 1. The lowest BCUT2D eigenvalue weighted by molar-refractivity contribution is -0.145. The molecule has 0 aromatic carbocycles. The summed E-state index contributed by atoms with van der Waals surface area (Å²) in [7, 11) is 0. The molecule has 0 saturated carbocycles. The predicted molar refractivity (Wildman–Crippen MR) is 48.2 cm³/mol. The second kappa shape index (κ2) is 5.53. The highest BCUT2D eigenvalue weighted by molar-refractivity contribution is 5.81. The van der Waals surface area contributed by atoms with Crippen molar-refractivity contribution in [3.05, 3.63) is 0 Å². The van der Waals surface area contributed by atoms with Gasteiger partial charge in [0.1, 0.15) is 6.54 Å². The fraction of sp³-hybridized carbons (Fsp3) is 0.750. The Labute approximate surface area is 77.5 Å². The normalized spacial score (nSPS) is 10.2. The molecule has 0 saturated heterocycles. The second-order valence-electron chi connectivity index (χ2n) is 3.05. The van der Waals surface area contributed by atoms with E-state index >= 15 is 0 Å². The van der Waals surface area contributed by atoms with Crippen molar-refractivity contribution in [2.45, 2.75) is 26.3 Å². The van der Waals surface area contributed by atoms with E-state index < -0.39 is 5.97 Å². The van der Waals surface area contributed by atoms with E-state index in [0.29, 0.717) is 0 Å². The summed E-state index contributed by atoms with van der Waals surface area (Å²) in [6, 6.07) is -0.102. The maximum Gasteiger partial charge on any atom is 0.323 e. The van der Waals surface area contributed by atoms with Gasteiger partial charge in [-0.15, -0.1) is 0 Å². The molecule has 0 aromatic rings. The highest BCUT2D eigenvalue weighted by atomic mass is 16.4. The van der Waals surface area contributed by atoms with E-state index in [0.717, 1.165) is 0 Å². The molecule has 5 heteroatoms. The number of hydrogen-bond acceptors (Lipinski definition) is 3. The standard InChI is InChI=1S/C8H16N2O3/c1-6(2)10(5-8(12)13)7(11)3-4-9/h6H,3-5,9H2,1-2H3,(H,12,13). The van der Waals surface area contributed by atoms with Crippen LogP contribution in [-0.4, -0.2) is 41.0 Å². The lowest BCUT2D eigenvalue weighted by Gasteiger charge is -2.24. The summed E-state index contributed by atoms with van der Waals surface area (Å²) in [5, 5.41) is 8.52. The van der Waals surface area contributed by atoms with Crippen molar-refractivity contribution in [1.29, 1.82) is 0 Å². The monoisotopic (exact) mass is 188 g/mol. The van der Waals surface area contributed by atoms with E-state index in [-0.39, 0.29) is 31.5 Å². The zero-order valence-corrected chi connectivity index (χ0v) is 7.99. The van der Waals surface area contributed by atoms with Gasteiger partial charge < -0.3 is 15.7 Å². The van der Waals surface area contributed by atoms with Crippen molar-refractivity contribution < 1.29 is 14.7 Å². The van der Waals surface area contributed by atoms with Gasteiger partial charge in [0.25, 0.3) is 0 Å². The molecule has 76 valence electrons. The van der Waals surface area contributed by atoms with Gasteiger partial charge in [-0.25, -0.2) is 0 Å². The molecule has 3 N–H and O–H groups in total. The average Bonchev–Trinajstić information content (AvgIpc) is 1.99. The molecule has 0 spiro atoms. The number of carboxylic acid groups (broad SMARTS) is 1. The highest BCUT2D eigenvalue weighted by Crippen LogP contribution is 2.00. The number of nitrogens with two attached hydrogens (primary N) is 1. The van der Waals surface area contributed by atoms with Crippen LogP contribution in [0.3, 0.4) is 0 Å². The minimum atomic E-state index is -1.00. The van der Waals surface area contributed by atoms with Crippen molar-refractivity contribution in [1.82, 2.24) is 4.90 Å². The minimum absolute atomic E-state index is 0.102. The van der Waals surface area contributed by atoms with Crippen LogP contribution in [0.25, 0.3) is 0 Å². The van der Waals surface area contributed by atoms with E-state index in [4.69, 9.17) is 10.8 Å². The average molecular weight is 188 g/mol. The Morgan fingerprint density at radius 1 is 1.46 bits per heavy atom. The van der Waals surface area contributed by atoms with E-state index in [9.17, 15) is 9.59 Å². The molecule has 13 heavy (non-hydrogen) atoms. The smallest absolute Gasteiger partial charge is 0.323 e. The molecule has 0 aliphatic rings. The van der Waals surface area contributed by atoms with Crippen LogP contribution in [0.4, 0.5) is 0 Å². The van der Waals surface area contributed by atoms with Gasteiger partial charge in [0, 0.05) is 19.0 Å². The third-order valence-corrected chi connectivity index (χ3v) is 1.61. The number of carbonyl (C=O) groups excluding carboxylic acids is 1. The Morgan fingerprint density at radius 2 is 2.00 bits per heavy atom. The first kappa shape index (κ1) is 11.9. The second-order valence-corrected chi connectivity index (χ2v) is 3.05. The van der Waals surface area contributed by atoms with Crippen LogP contribution in [0.1, 0.15) is 20.3 Å². The van der Waals surface area contributed by atoms with Crippen molar-refractivity contribution in [3.8, 4) is 0 Å². The molecular weight excluding hydrogens is 172 g/mol. The third kappa shape index (κ3) is 4.47. The SMILES string of the molecule is CC(C)N(CC(=O)O)C(=O)CCN. The fourth-order valence-corrected chi connectivity index (χ4v) is 0.972. The molecule has 0 rings (SSSR count). The molecule has 0 heterocycles. The summed E-state index contributed by atoms with van der Waals surface area (Å²) in [6.45, 7) is 3.55. The van der Waals surface area contributed by atoms with Gasteiger partial charge >= 0.3 is 5.97 Å². The molecule has 0 aliphatic carbocycles. The van der Waals surface area contributed by atoms with Gasteiger partial charge in [0.2, 0.25) is 5.91 Å². The van der Waals surface area contributed by atoms with Gasteiger partial charge in [-0.3, -0.25) is 9.59 Å². The molecule has 0 unspecified atom stereocenters. The predicted octanol–water partition coefficient (Wildman–Crippen LogP) is -0.343. The van der Waals surface area contributed by atoms with E-state index in [1.165, 1.54) is 4.90 Å². The number of nitrogens with zero attached hydrogens (tertiary/aromatic N) is 1. The summed E-state index contributed by atoms with van der Waals surface area (Å²) >= 11 is 0. The van der Waals surface area contributed by atoms with E-state index in [1.807, 2.05) is 0 Å². The highest BCUT2D eigenvalue weighted by Gasteiger charge is 2.18. The zero-order chi connectivity index (χ0) is 10.4. The molecular formula is C8H16N2O3. The number of aliphatic carboxylic acids is 1. The van der Waals surface area contributed by atoms with E-state index in [1.54, 1.807) is 13.8 Å². The van der Waals surface area contributed by atoms with Crippen molar-refractivity contribution in [3.63, 3.8) is 0 Å². The Morgan fingerprint density at radius 3 is 2.31 bits per heavy atom. The molecule has 1 amide bonds. The number of hydrogen-bond donors (Lipinski definition) is 2. The molecule has 0 fully saturated rings. The summed E-state index contributed by atoms with van der Waals surface area (Å²) in [5.74, 6) is -1.21. The summed E-state index contributed by atoms with van der Waals surface area (Å²) in [5.41, 5.74) is 5.20. The molecule has 0 radical (unpaired) electrons. The molecule has 0 atom stereocenters. The first-order valence-corrected chi connectivity index (χ1v) is 4.20. The van der Waals surface area contributed by atoms with E-state index in [2.05, 4.69) is 0 Å². The lowest BCUT2D eigenvalue weighted by atomic mass is 10.2. The Kier molecular flexibility index (Phi) is 5.06. The quantitative estimate of drug-likeness (QED) is 0.618. The lowest BCUT2D eigenvalue weighted by Crippen LogP contribution is -2.41. The number of carbonyl (C=O) groups is 2. The molecule has 0 bridgehead atoms. The number of rotatable bonds is 5. The van der Waals surface area contributed by atoms with Crippen molar-refractivity contribution >= 4 is 11.9 Å². The van der Waals surface area contributed by atoms with Crippen molar-refractivity contribution in [2.24, 2.45) is 5.73 Å². The van der Waals surface area contributed by atoms with Crippen LogP contribution in [0, 0.1) is 0 Å². The third-order valence-electron chi connectivity index (χ3n) is 1.61. The fourth-order valence-electron chi connectivity index (χ4n) is 0.972. The Balaban J connectivity index is 4.24. The topological polar surface area (TPSA) is 83.6 Å². The maximum absolute atomic E-state index is 11.3. The van der Waals surface area contributed by atoms with Crippen LogP contribution in [0.15, 0.2) is 0 Å². The first-order valence-electron chi connectivity index (χ1n) is 4.20.